The van der Waals surface area contributed by atoms with Crippen molar-refractivity contribution in [2.45, 2.75) is 20.3 Å². The fraction of sp³-hybridized carbons (Fsp3) is 0.533. The Morgan fingerprint density at radius 3 is 2.43 bits per heavy atom. The van der Waals surface area contributed by atoms with Crippen LogP contribution in [0.4, 0.5) is 11.4 Å². The number of benzene rings is 1. The summed E-state index contributed by atoms with van der Waals surface area (Å²) in [6, 6.07) is 4.69. The Morgan fingerprint density at radius 2 is 1.95 bits per heavy atom. The molecule has 0 saturated carbocycles. The van der Waals surface area contributed by atoms with Crippen molar-refractivity contribution in [2.75, 3.05) is 38.6 Å². The average Bonchev–Trinajstić information content (AvgIpc) is 2.42. The van der Waals surface area contributed by atoms with E-state index in [1.54, 1.807) is 12.1 Å². The third-order valence-electron chi connectivity index (χ3n) is 3.33. The van der Waals surface area contributed by atoms with E-state index in [-0.39, 0.29) is 11.5 Å². The molecule has 0 bridgehead atoms. The van der Waals surface area contributed by atoms with Crippen molar-refractivity contribution in [2.24, 2.45) is 0 Å². The number of carbonyl (C=O) groups is 1. The Morgan fingerprint density at radius 1 is 1.29 bits per heavy atom. The highest BCUT2D eigenvalue weighted by atomic mass is 16.6. The Kier molecular flexibility index (Phi) is 6.30. The number of hydrogen-bond donors (Lipinski definition) is 0. The summed E-state index contributed by atoms with van der Waals surface area (Å²) < 4.78 is 0. The molecule has 6 nitrogen and oxygen atoms in total. The molecule has 1 aromatic rings. The first-order chi connectivity index (χ1) is 9.86. The number of nitro groups is 1. The second-order valence-corrected chi connectivity index (χ2v) is 5.25. The molecule has 0 aliphatic carbocycles. The zero-order valence-electron chi connectivity index (χ0n) is 13.1. The van der Waals surface area contributed by atoms with E-state index in [9.17, 15) is 14.9 Å². The molecule has 0 aromatic heterocycles. The molecule has 0 amide bonds. The number of anilines is 1. The van der Waals surface area contributed by atoms with Crippen LogP contribution >= 0.6 is 0 Å². The van der Waals surface area contributed by atoms with Gasteiger partial charge in [0.15, 0.2) is 5.78 Å². The number of rotatable bonds is 8. The van der Waals surface area contributed by atoms with Crippen LogP contribution in [-0.2, 0) is 0 Å². The predicted octanol–water partition coefficient (Wildman–Crippen LogP) is 2.58. The lowest BCUT2D eigenvalue weighted by atomic mass is 10.1. The molecule has 0 radical (unpaired) electrons. The molecule has 0 saturated heterocycles. The topological polar surface area (TPSA) is 66.7 Å². The van der Waals surface area contributed by atoms with Gasteiger partial charge in [-0.3, -0.25) is 14.9 Å². The van der Waals surface area contributed by atoms with Crippen LogP contribution in [0.25, 0.3) is 0 Å². The molecule has 0 atom stereocenters. The largest absolute Gasteiger partial charge is 0.366 e. The molecule has 0 spiro atoms. The number of ketones is 1. The van der Waals surface area contributed by atoms with Crippen LogP contribution in [0.1, 0.15) is 30.6 Å². The van der Waals surface area contributed by atoms with Crippen LogP contribution in [0.3, 0.4) is 0 Å². The molecule has 6 heteroatoms. The molecular formula is C15H23N3O3. The van der Waals surface area contributed by atoms with Crippen molar-refractivity contribution in [3.8, 4) is 0 Å². The normalized spacial score (nSPS) is 10.7. The van der Waals surface area contributed by atoms with E-state index in [2.05, 4.69) is 4.90 Å². The van der Waals surface area contributed by atoms with E-state index in [1.807, 2.05) is 25.9 Å². The first-order valence-electron chi connectivity index (χ1n) is 7.05. The summed E-state index contributed by atoms with van der Waals surface area (Å²) in [7, 11) is 4.00. The smallest absolute Gasteiger partial charge is 0.293 e. The fourth-order valence-corrected chi connectivity index (χ4v) is 2.18. The van der Waals surface area contributed by atoms with E-state index in [0.29, 0.717) is 17.8 Å². The molecule has 0 fully saturated rings. The van der Waals surface area contributed by atoms with Gasteiger partial charge in [0.2, 0.25) is 0 Å². The zero-order valence-corrected chi connectivity index (χ0v) is 13.1. The number of carbonyl (C=O) groups excluding carboxylic acids is 1. The number of Topliss-reactive ketones (excluding diaryl/α,β-unsaturated/α-hetero) is 1. The number of nitrogens with zero attached hydrogens (tertiary/aromatic N) is 3. The highest BCUT2D eigenvalue weighted by Gasteiger charge is 2.20. The lowest BCUT2D eigenvalue weighted by Gasteiger charge is -2.23. The summed E-state index contributed by atoms with van der Waals surface area (Å²) in [5.74, 6) is -0.166. The maximum absolute atomic E-state index is 11.4. The summed E-state index contributed by atoms with van der Waals surface area (Å²) in [5.41, 5.74) is 0.940. The molecule has 0 aliphatic rings. The molecule has 0 heterocycles. The summed E-state index contributed by atoms with van der Waals surface area (Å²) in [5, 5.41) is 11.3. The molecular weight excluding hydrogens is 270 g/mol. The average molecular weight is 293 g/mol. The van der Waals surface area contributed by atoms with Gasteiger partial charge in [-0.15, -0.1) is 0 Å². The van der Waals surface area contributed by atoms with Crippen molar-refractivity contribution >= 4 is 17.2 Å². The maximum atomic E-state index is 11.4. The maximum Gasteiger partial charge on any atom is 0.293 e. The third kappa shape index (κ3) is 4.82. The van der Waals surface area contributed by atoms with Gasteiger partial charge in [-0.05, 0) is 53.0 Å². The second kappa shape index (κ2) is 7.73. The van der Waals surface area contributed by atoms with E-state index >= 15 is 0 Å². The van der Waals surface area contributed by atoms with E-state index in [0.717, 1.165) is 19.5 Å². The van der Waals surface area contributed by atoms with E-state index in [1.165, 1.54) is 13.0 Å². The van der Waals surface area contributed by atoms with Crippen LogP contribution in [0.15, 0.2) is 18.2 Å². The summed E-state index contributed by atoms with van der Waals surface area (Å²) in [6.45, 7) is 5.74. The number of nitro benzene ring substituents is 1. The van der Waals surface area contributed by atoms with Crippen molar-refractivity contribution in [3.05, 3.63) is 33.9 Å². The van der Waals surface area contributed by atoms with Crippen molar-refractivity contribution in [1.29, 1.82) is 0 Å². The highest BCUT2D eigenvalue weighted by molar-refractivity contribution is 5.95. The Labute approximate surface area is 125 Å². The molecule has 1 rings (SSSR count). The molecule has 21 heavy (non-hydrogen) atoms. The Balaban J connectivity index is 3.02. The van der Waals surface area contributed by atoms with Gasteiger partial charge in [-0.25, -0.2) is 0 Å². The van der Waals surface area contributed by atoms with Crippen molar-refractivity contribution < 1.29 is 9.72 Å². The molecule has 0 unspecified atom stereocenters. The highest BCUT2D eigenvalue weighted by Crippen LogP contribution is 2.29. The summed E-state index contributed by atoms with van der Waals surface area (Å²) >= 11 is 0. The van der Waals surface area contributed by atoms with Gasteiger partial charge in [-0.1, -0.05) is 0 Å². The first kappa shape index (κ1) is 17.1. The lowest BCUT2D eigenvalue weighted by Crippen LogP contribution is -2.27. The zero-order chi connectivity index (χ0) is 16.0. The van der Waals surface area contributed by atoms with E-state index in [4.69, 9.17) is 0 Å². The van der Waals surface area contributed by atoms with Crippen molar-refractivity contribution in [3.63, 3.8) is 0 Å². The predicted molar refractivity (Wildman–Crippen MR) is 84.2 cm³/mol. The van der Waals surface area contributed by atoms with E-state index < -0.39 is 4.92 Å². The first-order valence-corrected chi connectivity index (χ1v) is 7.05. The fourth-order valence-electron chi connectivity index (χ4n) is 2.18. The quantitative estimate of drug-likeness (QED) is 0.418. The summed E-state index contributed by atoms with van der Waals surface area (Å²) in [4.78, 5) is 26.3. The number of hydrogen-bond acceptors (Lipinski definition) is 5. The van der Waals surface area contributed by atoms with Gasteiger partial charge >= 0.3 is 0 Å². The molecule has 0 aliphatic heterocycles. The Bertz CT molecular complexity index is 515. The monoisotopic (exact) mass is 293 g/mol. The van der Waals surface area contributed by atoms with Crippen LogP contribution in [0.5, 0.6) is 0 Å². The standard InChI is InChI=1S/C15H23N3O3/c1-5-17(10-6-9-16(3)4)14-8-7-13(12(2)19)11-15(14)18(20)21/h7-8,11H,5-6,9-10H2,1-4H3. The minimum absolute atomic E-state index is 0.00518. The summed E-state index contributed by atoms with van der Waals surface area (Å²) in [6.07, 6.45) is 0.923. The van der Waals surface area contributed by atoms with Crippen LogP contribution < -0.4 is 4.90 Å². The minimum atomic E-state index is -0.420. The Hall–Kier alpha value is -1.95. The van der Waals surface area contributed by atoms with Gasteiger partial charge in [0.25, 0.3) is 5.69 Å². The van der Waals surface area contributed by atoms with Crippen LogP contribution in [0, 0.1) is 10.1 Å². The van der Waals surface area contributed by atoms with Crippen molar-refractivity contribution in [1.82, 2.24) is 4.90 Å². The minimum Gasteiger partial charge on any atom is -0.366 e. The molecule has 1 aromatic carbocycles. The second-order valence-electron chi connectivity index (χ2n) is 5.25. The molecule has 0 N–H and O–H groups in total. The van der Waals surface area contributed by atoms with Gasteiger partial charge in [0.05, 0.1) is 4.92 Å². The third-order valence-corrected chi connectivity index (χ3v) is 3.33. The molecule has 116 valence electrons. The van der Waals surface area contributed by atoms with Gasteiger partial charge in [-0.2, -0.15) is 0 Å². The van der Waals surface area contributed by atoms with Gasteiger partial charge < -0.3 is 9.80 Å². The van der Waals surface area contributed by atoms with Gasteiger partial charge in [0.1, 0.15) is 5.69 Å². The van der Waals surface area contributed by atoms with Crippen LogP contribution in [-0.4, -0.2) is 49.3 Å². The van der Waals surface area contributed by atoms with Gasteiger partial charge in [0, 0.05) is 24.7 Å². The lowest BCUT2D eigenvalue weighted by molar-refractivity contribution is -0.384. The van der Waals surface area contributed by atoms with Crippen LogP contribution in [0.2, 0.25) is 0 Å². The SMILES string of the molecule is CCN(CCCN(C)C)c1ccc(C(C)=O)cc1[N+](=O)[O-].